The van der Waals surface area contributed by atoms with Crippen LogP contribution in [0.1, 0.15) is 51.4 Å². The molecule has 182 valence electrons. The topological polar surface area (TPSA) is 61.9 Å². The van der Waals surface area contributed by atoms with Crippen LogP contribution in [0.15, 0.2) is 30.9 Å². The van der Waals surface area contributed by atoms with Crippen LogP contribution in [0.5, 0.6) is 0 Å². The van der Waals surface area contributed by atoms with E-state index in [4.69, 9.17) is 4.74 Å². The average molecular weight is 474 g/mol. The Balaban J connectivity index is 1.65. The van der Waals surface area contributed by atoms with Crippen LogP contribution < -0.4 is 4.72 Å². The lowest BCUT2D eigenvalue weighted by molar-refractivity contribution is 0.0157. The van der Waals surface area contributed by atoms with Gasteiger partial charge in [-0.1, -0.05) is 18.9 Å². The van der Waals surface area contributed by atoms with Crippen LogP contribution in [0.25, 0.3) is 0 Å². The molecule has 32 heavy (non-hydrogen) atoms. The lowest BCUT2D eigenvalue weighted by Crippen LogP contribution is -2.43. The zero-order valence-electron chi connectivity index (χ0n) is 19.2. The van der Waals surface area contributed by atoms with E-state index in [0.29, 0.717) is 18.9 Å². The Hall–Kier alpha value is -1.55. The first-order valence-electron chi connectivity index (χ1n) is 11.3. The summed E-state index contributed by atoms with van der Waals surface area (Å²) in [5.74, 6) is -1.70. The molecule has 1 saturated carbocycles. The second-order valence-corrected chi connectivity index (χ2v) is 10.2. The van der Waals surface area contributed by atoms with E-state index in [1.54, 1.807) is 0 Å². The third-order valence-electron chi connectivity index (χ3n) is 5.94. The van der Waals surface area contributed by atoms with Gasteiger partial charge in [-0.25, -0.2) is 8.78 Å². The minimum atomic E-state index is -3.93. The largest absolute Gasteiger partial charge is 0.378 e. The van der Waals surface area contributed by atoms with E-state index in [1.807, 2.05) is 6.08 Å². The number of likely N-dealkylation sites (N-methyl/N-ethyl adjacent to an activating group) is 1. The van der Waals surface area contributed by atoms with E-state index in [9.17, 15) is 17.2 Å². The first kappa shape index (κ1) is 26.7. The minimum absolute atomic E-state index is 0.156. The molecule has 9 heteroatoms. The van der Waals surface area contributed by atoms with Crippen molar-refractivity contribution in [2.24, 2.45) is 0 Å². The molecule has 1 aromatic rings. The van der Waals surface area contributed by atoms with Crippen LogP contribution >= 0.6 is 0 Å². The molecule has 6 nitrogen and oxygen atoms in total. The number of benzene rings is 1. The summed E-state index contributed by atoms with van der Waals surface area (Å²) in [6.07, 6.45) is 9.56. The van der Waals surface area contributed by atoms with Crippen molar-refractivity contribution in [2.45, 2.75) is 63.5 Å². The number of halogens is 2. The molecule has 2 rings (SSSR count). The van der Waals surface area contributed by atoms with Crippen molar-refractivity contribution in [3.05, 3.63) is 42.5 Å². The van der Waals surface area contributed by atoms with Crippen LogP contribution in [0.4, 0.5) is 14.5 Å². The summed E-state index contributed by atoms with van der Waals surface area (Å²) in [4.78, 5) is 2.25. The molecule has 0 aliphatic heterocycles. The Morgan fingerprint density at radius 1 is 1.12 bits per heavy atom. The van der Waals surface area contributed by atoms with Gasteiger partial charge in [0.05, 0.1) is 11.8 Å². The summed E-state index contributed by atoms with van der Waals surface area (Å²) in [7, 11) is -0.348. The Bertz CT molecular complexity index is 815. The molecule has 0 saturated heterocycles. The van der Waals surface area contributed by atoms with Crippen LogP contribution in [0, 0.1) is 11.6 Å². The van der Waals surface area contributed by atoms with Gasteiger partial charge in [0.15, 0.2) is 0 Å². The predicted octanol–water partition coefficient (Wildman–Crippen LogP) is 4.56. The first-order chi connectivity index (χ1) is 15.2. The van der Waals surface area contributed by atoms with Gasteiger partial charge in [-0.05, 0) is 64.3 Å². The van der Waals surface area contributed by atoms with Gasteiger partial charge in [0.2, 0.25) is 0 Å². The normalized spacial score (nSPS) is 19.4. The van der Waals surface area contributed by atoms with E-state index < -0.39 is 21.8 Å². The molecule has 0 heterocycles. The molecule has 1 fully saturated rings. The summed E-state index contributed by atoms with van der Waals surface area (Å²) in [5, 5.41) is 0. The van der Waals surface area contributed by atoms with Crippen molar-refractivity contribution in [1.29, 1.82) is 0 Å². The number of ether oxygens (including phenoxy) is 1. The Morgan fingerprint density at radius 3 is 2.47 bits per heavy atom. The standard InChI is InChI=1S/C23H37F2N3O3S/c1-4-15-27(2)16-7-5-6-8-17-31-21-12-10-20(11-13-21)28(3)32(29,30)26-23-14-9-19(24)18-22(23)25/h4,9,14,18,20-21,26H,1,5-8,10-13,15-17H2,2-3H3. The molecule has 0 aromatic heterocycles. The lowest BCUT2D eigenvalue weighted by Gasteiger charge is -2.34. The molecule has 0 spiro atoms. The van der Waals surface area contributed by atoms with Crippen LogP contribution in [0.3, 0.4) is 0 Å². The van der Waals surface area contributed by atoms with Crippen molar-refractivity contribution < 1.29 is 21.9 Å². The first-order valence-corrected chi connectivity index (χ1v) is 12.8. The maximum Gasteiger partial charge on any atom is 0.301 e. The Kier molecular flexibility index (Phi) is 11.0. The van der Waals surface area contributed by atoms with Crippen LogP contribution in [-0.4, -0.2) is 63.6 Å². The minimum Gasteiger partial charge on any atom is -0.378 e. The zero-order chi connectivity index (χ0) is 23.6. The van der Waals surface area contributed by atoms with E-state index in [1.165, 1.54) is 24.2 Å². The number of unbranched alkanes of at least 4 members (excludes halogenated alkanes) is 3. The summed E-state index contributed by atoms with van der Waals surface area (Å²) < 4.78 is 61.5. The van der Waals surface area contributed by atoms with E-state index in [0.717, 1.165) is 57.5 Å². The second-order valence-electron chi connectivity index (χ2n) is 8.51. The third-order valence-corrected chi connectivity index (χ3v) is 7.47. The maximum atomic E-state index is 13.8. The lowest BCUT2D eigenvalue weighted by atomic mass is 9.93. The van der Waals surface area contributed by atoms with Crippen molar-refractivity contribution in [1.82, 2.24) is 9.21 Å². The summed E-state index contributed by atoms with van der Waals surface area (Å²) in [6, 6.07) is 2.58. The number of anilines is 1. The van der Waals surface area contributed by atoms with Gasteiger partial charge in [0, 0.05) is 32.3 Å². The van der Waals surface area contributed by atoms with Gasteiger partial charge in [-0.3, -0.25) is 4.72 Å². The van der Waals surface area contributed by atoms with Gasteiger partial charge in [0.25, 0.3) is 0 Å². The number of nitrogens with zero attached hydrogens (tertiary/aromatic N) is 2. The van der Waals surface area contributed by atoms with Crippen LogP contribution in [-0.2, 0) is 14.9 Å². The summed E-state index contributed by atoms with van der Waals surface area (Å²) in [6.45, 7) is 6.47. The van der Waals surface area contributed by atoms with E-state index in [-0.39, 0.29) is 17.8 Å². The van der Waals surface area contributed by atoms with Gasteiger partial charge in [0.1, 0.15) is 11.6 Å². The SMILES string of the molecule is C=CCN(C)CCCCCCOC1CCC(N(C)S(=O)(=O)Nc2ccc(F)cc2F)CC1. The Morgan fingerprint density at radius 2 is 1.81 bits per heavy atom. The van der Waals surface area contributed by atoms with Crippen molar-refractivity contribution >= 4 is 15.9 Å². The fraction of sp³-hybridized carbons (Fsp3) is 0.652. The van der Waals surface area contributed by atoms with Crippen LogP contribution in [0.2, 0.25) is 0 Å². The number of rotatable bonds is 14. The molecule has 0 bridgehead atoms. The monoisotopic (exact) mass is 473 g/mol. The van der Waals surface area contributed by atoms with E-state index >= 15 is 0 Å². The third kappa shape index (κ3) is 8.77. The smallest absolute Gasteiger partial charge is 0.301 e. The maximum absolute atomic E-state index is 13.8. The van der Waals surface area contributed by atoms with Gasteiger partial charge >= 0.3 is 10.2 Å². The second kappa shape index (κ2) is 13.2. The van der Waals surface area contributed by atoms with Crippen molar-refractivity contribution in [3.8, 4) is 0 Å². The molecule has 0 amide bonds. The number of nitrogens with one attached hydrogen (secondary N) is 1. The molecule has 1 aliphatic rings. The molecular weight excluding hydrogens is 436 g/mol. The number of hydrogen-bond acceptors (Lipinski definition) is 4. The predicted molar refractivity (Wildman–Crippen MR) is 125 cm³/mol. The van der Waals surface area contributed by atoms with Gasteiger partial charge in [-0.2, -0.15) is 12.7 Å². The summed E-state index contributed by atoms with van der Waals surface area (Å²) >= 11 is 0. The quantitative estimate of drug-likeness (QED) is 0.318. The average Bonchev–Trinajstić information content (AvgIpc) is 2.75. The van der Waals surface area contributed by atoms with E-state index in [2.05, 4.69) is 23.2 Å². The highest BCUT2D eigenvalue weighted by Gasteiger charge is 2.31. The highest BCUT2D eigenvalue weighted by atomic mass is 32.2. The summed E-state index contributed by atoms with van der Waals surface area (Å²) in [5.41, 5.74) is -0.261. The Labute approximate surface area is 191 Å². The molecular formula is C23H37F2N3O3S. The van der Waals surface area contributed by atoms with Crippen molar-refractivity contribution in [2.75, 3.05) is 38.5 Å². The molecule has 0 atom stereocenters. The van der Waals surface area contributed by atoms with Gasteiger partial charge < -0.3 is 9.64 Å². The highest BCUT2D eigenvalue weighted by molar-refractivity contribution is 7.90. The molecule has 1 aromatic carbocycles. The fourth-order valence-corrected chi connectivity index (χ4v) is 5.14. The molecule has 1 N–H and O–H groups in total. The zero-order valence-corrected chi connectivity index (χ0v) is 20.0. The molecule has 1 aliphatic carbocycles. The van der Waals surface area contributed by atoms with Gasteiger partial charge in [-0.15, -0.1) is 6.58 Å². The fourth-order valence-electron chi connectivity index (χ4n) is 3.95. The molecule has 0 unspecified atom stereocenters. The number of hydrogen-bond donors (Lipinski definition) is 1. The van der Waals surface area contributed by atoms with Crippen molar-refractivity contribution in [3.63, 3.8) is 0 Å². The highest BCUT2D eigenvalue weighted by Crippen LogP contribution is 2.27. The molecule has 0 radical (unpaired) electrons.